The van der Waals surface area contributed by atoms with E-state index in [4.69, 9.17) is 5.73 Å². The molecule has 0 aliphatic heterocycles. The average Bonchev–Trinajstić information content (AvgIpc) is 2.38. The normalized spacial score (nSPS) is 14.6. The summed E-state index contributed by atoms with van der Waals surface area (Å²) in [7, 11) is 0. The highest BCUT2D eigenvalue weighted by atomic mass is 16.3. The maximum Gasteiger partial charge on any atom is 0.0786 e. The molecule has 17 heavy (non-hydrogen) atoms. The summed E-state index contributed by atoms with van der Waals surface area (Å²) in [4.78, 5) is 0. The third kappa shape index (κ3) is 4.86. The summed E-state index contributed by atoms with van der Waals surface area (Å²) in [6.45, 7) is 6.07. The van der Waals surface area contributed by atoms with Crippen LogP contribution in [0, 0.1) is 0 Å². The van der Waals surface area contributed by atoms with Crippen molar-refractivity contribution in [3.63, 3.8) is 0 Å². The van der Waals surface area contributed by atoms with Gasteiger partial charge in [0.1, 0.15) is 0 Å². The lowest BCUT2D eigenvalue weighted by molar-refractivity contribution is 0.179. The molecular weight excluding hydrogens is 212 g/mol. The number of aliphatic hydroxyl groups is 1. The van der Waals surface area contributed by atoms with Crippen LogP contribution in [0.25, 0.3) is 0 Å². The topological polar surface area (TPSA) is 58.3 Å². The largest absolute Gasteiger partial charge is 0.390 e. The maximum atomic E-state index is 9.30. The van der Waals surface area contributed by atoms with E-state index in [1.165, 1.54) is 17.5 Å². The lowest BCUT2D eigenvalue weighted by atomic mass is 9.98. The molecule has 2 atom stereocenters. The molecule has 2 unspecified atom stereocenters. The fourth-order valence-electron chi connectivity index (χ4n) is 1.67. The third-order valence-electron chi connectivity index (χ3n) is 3.14. The Labute approximate surface area is 104 Å². The van der Waals surface area contributed by atoms with E-state index in [-0.39, 0.29) is 0 Å². The minimum atomic E-state index is -0.450. The van der Waals surface area contributed by atoms with Crippen LogP contribution >= 0.6 is 0 Å². The second-order valence-electron chi connectivity index (χ2n) is 4.57. The Bertz CT molecular complexity index is 311. The van der Waals surface area contributed by atoms with Crippen molar-refractivity contribution in [1.29, 1.82) is 0 Å². The molecule has 0 saturated heterocycles. The molecule has 0 bridgehead atoms. The number of hydrogen-bond donors (Lipinski definition) is 3. The van der Waals surface area contributed by atoms with Crippen molar-refractivity contribution in [2.24, 2.45) is 5.73 Å². The number of nitrogens with one attached hydrogen (secondary N) is 1. The first kappa shape index (κ1) is 14.2. The molecule has 0 aliphatic rings. The van der Waals surface area contributed by atoms with Crippen LogP contribution in [0.15, 0.2) is 24.3 Å². The molecular formula is C14H24N2O. The summed E-state index contributed by atoms with van der Waals surface area (Å²) in [6.07, 6.45) is 0.717. The first-order chi connectivity index (χ1) is 8.17. The molecule has 0 heterocycles. The summed E-state index contributed by atoms with van der Waals surface area (Å²) in [6, 6.07) is 8.65. The van der Waals surface area contributed by atoms with Gasteiger partial charge in [0.25, 0.3) is 0 Å². The fourth-order valence-corrected chi connectivity index (χ4v) is 1.67. The molecule has 3 heteroatoms. The van der Waals surface area contributed by atoms with Gasteiger partial charge in [0.2, 0.25) is 0 Å². The molecule has 0 radical (unpaired) electrons. The Morgan fingerprint density at radius 2 is 1.94 bits per heavy atom. The highest BCUT2D eigenvalue weighted by Crippen LogP contribution is 2.18. The van der Waals surface area contributed by atoms with Crippen LogP contribution in [0.4, 0.5) is 0 Å². The predicted molar refractivity (Wildman–Crippen MR) is 71.9 cm³/mol. The number of hydrogen-bond acceptors (Lipinski definition) is 3. The maximum absolute atomic E-state index is 9.30. The van der Waals surface area contributed by atoms with Crippen LogP contribution in [0.2, 0.25) is 0 Å². The quantitative estimate of drug-likeness (QED) is 0.674. The van der Waals surface area contributed by atoms with Crippen molar-refractivity contribution in [3.05, 3.63) is 35.4 Å². The lowest BCUT2D eigenvalue weighted by Gasteiger charge is -2.11. The molecule has 1 aromatic carbocycles. The van der Waals surface area contributed by atoms with Gasteiger partial charge in [-0.25, -0.2) is 0 Å². The van der Waals surface area contributed by atoms with Gasteiger partial charge in [0.15, 0.2) is 0 Å². The summed E-state index contributed by atoms with van der Waals surface area (Å²) >= 11 is 0. The molecule has 3 nitrogen and oxygen atoms in total. The van der Waals surface area contributed by atoms with E-state index in [9.17, 15) is 5.11 Å². The molecule has 1 rings (SSSR count). The Hall–Kier alpha value is -0.900. The van der Waals surface area contributed by atoms with Gasteiger partial charge in [-0.05, 0) is 23.5 Å². The van der Waals surface area contributed by atoms with E-state index in [0.29, 0.717) is 19.0 Å². The molecule has 0 aliphatic carbocycles. The molecule has 1 aromatic rings. The molecule has 96 valence electrons. The molecule has 0 spiro atoms. The minimum Gasteiger partial charge on any atom is -0.390 e. The fraction of sp³-hybridized carbons (Fsp3) is 0.571. The number of benzene rings is 1. The first-order valence-electron chi connectivity index (χ1n) is 6.35. The zero-order chi connectivity index (χ0) is 12.7. The van der Waals surface area contributed by atoms with Gasteiger partial charge < -0.3 is 16.2 Å². The Balaban J connectivity index is 2.40. The van der Waals surface area contributed by atoms with Crippen molar-refractivity contribution in [1.82, 2.24) is 5.32 Å². The smallest absolute Gasteiger partial charge is 0.0786 e. The second-order valence-corrected chi connectivity index (χ2v) is 4.57. The van der Waals surface area contributed by atoms with Gasteiger partial charge in [0, 0.05) is 19.6 Å². The summed E-state index contributed by atoms with van der Waals surface area (Å²) < 4.78 is 0. The van der Waals surface area contributed by atoms with Gasteiger partial charge in [-0.2, -0.15) is 0 Å². The molecule has 0 saturated carbocycles. The molecule has 4 N–H and O–H groups in total. The SMILES string of the molecule is CCC(C)c1ccc(CNCC(O)CN)cc1. The number of nitrogens with two attached hydrogens (primary N) is 1. The van der Waals surface area contributed by atoms with Crippen LogP contribution in [0.5, 0.6) is 0 Å². The van der Waals surface area contributed by atoms with Crippen molar-refractivity contribution in [3.8, 4) is 0 Å². The molecule has 0 fully saturated rings. The minimum absolute atomic E-state index is 0.306. The highest BCUT2D eigenvalue weighted by molar-refractivity contribution is 5.24. The Morgan fingerprint density at radius 1 is 1.29 bits per heavy atom. The van der Waals surface area contributed by atoms with E-state index in [1.807, 2.05) is 0 Å². The van der Waals surface area contributed by atoms with Crippen LogP contribution in [-0.4, -0.2) is 24.3 Å². The van der Waals surface area contributed by atoms with E-state index in [2.05, 4.69) is 43.4 Å². The number of rotatable bonds is 7. The van der Waals surface area contributed by atoms with Gasteiger partial charge in [-0.3, -0.25) is 0 Å². The third-order valence-corrected chi connectivity index (χ3v) is 3.14. The Kier molecular flexibility index (Phi) is 6.19. The summed E-state index contributed by atoms with van der Waals surface area (Å²) in [5.41, 5.74) is 7.95. The highest BCUT2D eigenvalue weighted by Gasteiger charge is 2.03. The first-order valence-corrected chi connectivity index (χ1v) is 6.35. The van der Waals surface area contributed by atoms with Crippen LogP contribution < -0.4 is 11.1 Å². The lowest BCUT2D eigenvalue weighted by Crippen LogP contribution is -2.32. The van der Waals surface area contributed by atoms with Crippen LogP contribution in [0.3, 0.4) is 0 Å². The van der Waals surface area contributed by atoms with Crippen LogP contribution in [-0.2, 0) is 6.54 Å². The predicted octanol–water partition coefficient (Wildman–Crippen LogP) is 1.61. The molecule has 0 aromatic heterocycles. The average molecular weight is 236 g/mol. The standard InChI is InChI=1S/C14H24N2O/c1-3-11(2)13-6-4-12(5-7-13)9-16-10-14(17)8-15/h4-7,11,14,16-17H,3,8-10,15H2,1-2H3. The van der Waals surface area contributed by atoms with Crippen molar-refractivity contribution in [2.45, 2.75) is 38.8 Å². The van der Waals surface area contributed by atoms with E-state index < -0.39 is 6.10 Å². The summed E-state index contributed by atoms with van der Waals surface area (Å²) in [5.74, 6) is 0.621. The van der Waals surface area contributed by atoms with E-state index >= 15 is 0 Å². The van der Waals surface area contributed by atoms with Gasteiger partial charge >= 0.3 is 0 Å². The van der Waals surface area contributed by atoms with Gasteiger partial charge in [0.05, 0.1) is 6.10 Å². The van der Waals surface area contributed by atoms with Crippen molar-refractivity contribution < 1.29 is 5.11 Å². The van der Waals surface area contributed by atoms with Gasteiger partial charge in [-0.1, -0.05) is 38.1 Å². The Morgan fingerprint density at radius 3 is 2.47 bits per heavy atom. The van der Waals surface area contributed by atoms with Crippen LogP contribution in [0.1, 0.15) is 37.3 Å². The summed E-state index contributed by atoms with van der Waals surface area (Å²) in [5, 5.41) is 12.5. The van der Waals surface area contributed by atoms with Gasteiger partial charge in [-0.15, -0.1) is 0 Å². The molecule has 0 amide bonds. The second kappa shape index (κ2) is 7.43. The zero-order valence-electron chi connectivity index (χ0n) is 10.8. The van der Waals surface area contributed by atoms with E-state index in [1.54, 1.807) is 0 Å². The number of aliphatic hydroxyl groups excluding tert-OH is 1. The zero-order valence-corrected chi connectivity index (χ0v) is 10.8. The van der Waals surface area contributed by atoms with E-state index in [0.717, 1.165) is 6.54 Å². The van der Waals surface area contributed by atoms with Crippen molar-refractivity contribution in [2.75, 3.05) is 13.1 Å². The van der Waals surface area contributed by atoms with Crippen molar-refractivity contribution >= 4 is 0 Å². The monoisotopic (exact) mass is 236 g/mol.